The molecule has 0 amide bonds. The molecule has 2 fully saturated rings. The van der Waals surface area contributed by atoms with Crippen LogP contribution in [0.2, 0.25) is 0 Å². The van der Waals surface area contributed by atoms with Gasteiger partial charge in [-0.2, -0.15) is 10.2 Å². The van der Waals surface area contributed by atoms with Gasteiger partial charge in [0, 0.05) is 37.8 Å². The normalized spacial score (nSPS) is 19.2. The molecule has 32 heavy (non-hydrogen) atoms. The lowest BCUT2D eigenvalue weighted by Gasteiger charge is -2.26. The van der Waals surface area contributed by atoms with Gasteiger partial charge in [0.2, 0.25) is 0 Å². The second kappa shape index (κ2) is 8.45. The number of likely N-dealkylation sites (N-methyl/N-ethyl adjacent to an activating group) is 1. The minimum atomic E-state index is 0.478. The van der Waals surface area contributed by atoms with Gasteiger partial charge in [-0.05, 0) is 38.6 Å². The summed E-state index contributed by atoms with van der Waals surface area (Å²) < 4.78 is 12.0. The average Bonchev–Trinajstić information content (AvgIpc) is 3.48. The molecular formula is C25H29N5O2. The Labute approximate surface area is 188 Å². The smallest absolute Gasteiger partial charge is 0.298 e. The molecule has 1 unspecified atom stereocenters. The Kier molecular flexibility index (Phi) is 5.50. The topological polar surface area (TPSA) is 68.8 Å². The molecule has 1 aromatic heterocycles. The van der Waals surface area contributed by atoms with Crippen LogP contribution in [0.5, 0.6) is 0 Å². The van der Waals surface area contributed by atoms with Gasteiger partial charge in [-0.15, -0.1) is 0 Å². The number of aromatic nitrogens is 1. The summed E-state index contributed by atoms with van der Waals surface area (Å²) >= 11 is 0. The van der Waals surface area contributed by atoms with Crippen molar-refractivity contribution in [2.24, 2.45) is 0 Å². The van der Waals surface area contributed by atoms with Gasteiger partial charge in [-0.25, -0.2) is 0 Å². The van der Waals surface area contributed by atoms with Crippen molar-refractivity contribution in [2.75, 3.05) is 63.3 Å². The van der Waals surface area contributed by atoms with Crippen molar-refractivity contribution in [1.82, 2.24) is 9.88 Å². The average molecular weight is 432 g/mol. The highest BCUT2D eigenvalue weighted by molar-refractivity contribution is 6.03. The van der Waals surface area contributed by atoms with Crippen molar-refractivity contribution >= 4 is 22.8 Å². The zero-order chi connectivity index (χ0) is 22.2. The monoisotopic (exact) mass is 431 g/mol. The maximum Gasteiger partial charge on any atom is 0.298 e. The minimum Gasteiger partial charge on any atom is -0.421 e. The van der Waals surface area contributed by atoms with E-state index in [1.165, 1.54) is 0 Å². The minimum absolute atomic E-state index is 0.478. The van der Waals surface area contributed by atoms with E-state index in [0.29, 0.717) is 41.9 Å². The summed E-state index contributed by atoms with van der Waals surface area (Å²) in [6, 6.07) is 13.8. The van der Waals surface area contributed by atoms with Crippen molar-refractivity contribution in [3.05, 3.63) is 41.5 Å². The maximum atomic E-state index is 10.1. The summed E-state index contributed by atoms with van der Waals surface area (Å²) in [5.41, 5.74) is 6.14. The molecule has 0 bridgehead atoms. The van der Waals surface area contributed by atoms with Crippen LogP contribution in [-0.4, -0.2) is 69.4 Å². The maximum absolute atomic E-state index is 10.1. The highest BCUT2D eigenvalue weighted by Crippen LogP contribution is 2.45. The molecule has 0 radical (unpaired) electrons. The number of nitriles is 1. The first-order valence-corrected chi connectivity index (χ1v) is 11.2. The lowest BCUT2D eigenvalue weighted by Crippen LogP contribution is -2.36. The summed E-state index contributed by atoms with van der Waals surface area (Å²) in [5.74, 6) is 0. The van der Waals surface area contributed by atoms with Gasteiger partial charge < -0.3 is 23.9 Å². The van der Waals surface area contributed by atoms with Crippen LogP contribution in [-0.2, 0) is 4.74 Å². The summed E-state index contributed by atoms with van der Waals surface area (Å²) in [4.78, 5) is 11.6. The first-order chi connectivity index (χ1) is 15.6. The van der Waals surface area contributed by atoms with Crippen LogP contribution in [0, 0.1) is 18.3 Å². The molecule has 3 aromatic rings. The highest BCUT2D eigenvalue weighted by Gasteiger charge is 2.32. The fourth-order valence-electron chi connectivity index (χ4n) is 4.89. The number of fused-ring (bicyclic) bond motifs is 1. The van der Waals surface area contributed by atoms with E-state index in [4.69, 9.17) is 14.1 Å². The Bertz CT molecular complexity index is 1160. The third kappa shape index (κ3) is 3.50. The van der Waals surface area contributed by atoms with Crippen LogP contribution < -0.4 is 9.80 Å². The molecule has 7 nitrogen and oxygen atoms in total. The number of benzene rings is 2. The van der Waals surface area contributed by atoms with Gasteiger partial charge in [-0.1, -0.05) is 30.3 Å². The van der Waals surface area contributed by atoms with E-state index in [9.17, 15) is 5.26 Å². The first kappa shape index (κ1) is 20.8. The van der Waals surface area contributed by atoms with Gasteiger partial charge in [0.1, 0.15) is 11.6 Å². The Balaban J connectivity index is 1.75. The molecule has 5 rings (SSSR count). The SMILES string of the molecule is Cc1c(-c2ccccc2)c(N2CCC(N(C)C)C2)c2oc(N3CCOCC3)nc2c1C#N. The van der Waals surface area contributed by atoms with Crippen LogP contribution in [0.3, 0.4) is 0 Å². The molecule has 7 heteroatoms. The van der Waals surface area contributed by atoms with Gasteiger partial charge in [0.25, 0.3) is 6.01 Å². The Morgan fingerprint density at radius 1 is 1.09 bits per heavy atom. The molecule has 166 valence electrons. The molecule has 2 aliphatic rings. The molecular weight excluding hydrogens is 402 g/mol. The van der Waals surface area contributed by atoms with E-state index in [1.807, 2.05) is 25.1 Å². The van der Waals surface area contributed by atoms with Crippen LogP contribution in [0.25, 0.3) is 22.2 Å². The van der Waals surface area contributed by atoms with Crippen molar-refractivity contribution in [1.29, 1.82) is 5.26 Å². The zero-order valence-corrected chi connectivity index (χ0v) is 19.0. The number of oxazole rings is 1. The van der Waals surface area contributed by atoms with Crippen molar-refractivity contribution < 1.29 is 9.15 Å². The summed E-state index contributed by atoms with van der Waals surface area (Å²) in [7, 11) is 4.27. The van der Waals surface area contributed by atoms with Crippen molar-refractivity contribution in [3.8, 4) is 17.2 Å². The molecule has 0 N–H and O–H groups in total. The zero-order valence-electron chi connectivity index (χ0n) is 19.0. The molecule has 0 spiro atoms. The molecule has 0 saturated carbocycles. The standard InChI is InChI=1S/C25H29N5O2/c1-17-20(15-26)22-24(32-25(27-22)29-11-13-31-14-12-29)23(21(17)18-7-5-4-6-8-18)30-10-9-19(16-30)28(2)3/h4-8,19H,9-14,16H2,1-3H3. The van der Waals surface area contributed by atoms with E-state index in [0.717, 1.165) is 55.0 Å². The quantitative estimate of drug-likeness (QED) is 0.624. The van der Waals surface area contributed by atoms with Crippen molar-refractivity contribution in [2.45, 2.75) is 19.4 Å². The lowest BCUT2D eigenvalue weighted by molar-refractivity contribution is 0.120. The van der Waals surface area contributed by atoms with Gasteiger partial charge in [-0.3, -0.25) is 0 Å². The van der Waals surface area contributed by atoms with E-state index < -0.39 is 0 Å². The number of anilines is 2. The second-order valence-corrected chi connectivity index (χ2v) is 8.83. The predicted octanol–water partition coefficient (Wildman–Crippen LogP) is 3.65. The first-order valence-electron chi connectivity index (χ1n) is 11.2. The van der Waals surface area contributed by atoms with Crippen LogP contribution in [0.15, 0.2) is 34.7 Å². The summed E-state index contributed by atoms with van der Waals surface area (Å²) in [5, 5.41) is 10.1. The molecule has 2 aromatic carbocycles. The number of rotatable bonds is 4. The fraction of sp³-hybridized carbons (Fsp3) is 0.440. The lowest BCUT2D eigenvalue weighted by atomic mass is 9.93. The van der Waals surface area contributed by atoms with E-state index in [2.05, 4.69) is 47.0 Å². The Morgan fingerprint density at radius 2 is 1.84 bits per heavy atom. The molecule has 0 aliphatic carbocycles. The Morgan fingerprint density at radius 3 is 2.50 bits per heavy atom. The number of hydrogen-bond donors (Lipinski definition) is 0. The number of ether oxygens (including phenoxy) is 1. The van der Waals surface area contributed by atoms with Crippen LogP contribution in [0.1, 0.15) is 17.5 Å². The molecule has 2 saturated heterocycles. The summed E-state index contributed by atoms with van der Waals surface area (Å²) in [6.07, 6.45) is 1.09. The second-order valence-electron chi connectivity index (χ2n) is 8.83. The van der Waals surface area contributed by atoms with Gasteiger partial charge in [0.05, 0.1) is 24.5 Å². The number of hydrogen-bond acceptors (Lipinski definition) is 7. The van der Waals surface area contributed by atoms with Crippen molar-refractivity contribution in [3.63, 3.8) is 0 Å². The van der Waals surface area contributed by atoms with Crippen LogP contribution >= 0.6 is 0 Å². The highest BCUT2D eigenvalue weighted by atomic mass is 16.5. The van der Waals surface area contributed by atoms with E-state index >= 15 is 0 Å². The largest absolute Gasteiger partial charge is 0.421 e. The summed E-state index contributed by atoms with van der Waals surface area (Å²) in [6.45, 7) is 6.68. The Hall–Kier alpha value is -3.08. The van der Waals surface area contributed by atoms with Gasteiger partial charge >= 0.3 is 0 Å². The molecule has 2 aliphatic heterocycles. The van der Waals surface area contributed by atoms with Gasteiger partial charge in [0.15, 0.2) is 5.58 Å². The third-order valence-corrected chi connectivity index (χ3v) is 6.72. The predicted molar refractivity (Wildman–Crippen MR) is 126 cm³/mol. The molecule has 3 heterocycles. The van der Waals surface area contributed by atoms with E-state index in [-0.39, 0.29) is 0 Å². The van der Waals surface area contributed by atoms with E-state index in [1.54, 1.807) is 0 Å². The number of morpholine rings is 1. The van der Waals surface area contributed by atoms with Crippen LogP contribution in [0.4, 0.5) is 11.7 Å². The third-order valence-electron chi connectivity index (χ3n) is 6.72. The fourth-order valence-corrected chi connectivity index (χ4v) is 4.89. The number of nitrogens with zero attached hydrogens (tertiary/aromatic N) is 5. The molecule has 1 atom stereocenters.